The fourth-order valence-corrected chi connectivity index (χ4v) is 9.78. The summed E-state index contributed by atoms with van der Waals surface area (Å²) in [6, 6.07) is 62.4. The summed E-state index contributed by atoms with van der Waals surface area (Å²) in [5.74, 6) is 0. The van der Waals surface area contributed by atoms with Crippen LogP contribution in [0.15, 0.2) is 170 Å². The summed E-state index contributed by atoms with van der Waals surface area (Å²) in [7, 11) is 0. The Morgan fingerprint density at radius 2 is 0.646 bits per heavy atom. The molecule has 0 atom stereocenters. The highest BCUT2D eigenvalue weighted by molar-refractivity contribution is 7.36. The van der Waals surface area contributed by atoms with Crippen LogP contribution in [-0.4, -0.2) is 0 Å². The minimum absolute atomic E-state index is 1.23. The van der Waals surface area contributed by atoms with Gasteiger partial charge in [0.1, 0.15) is 0 Å². The minimum atomic E-state index is 1.23. The Morgan fingerprint density at radius 1 is 0.250 bits per heavy atom. The molecule has 0 nitrogen and oxygen atoms in total. The van der Waals surface area contributed by atoms with E-state index in [1.165, 1.54) is 95.6 Å². The van der Waals surface area contributed by atoms with Crippen LogP contribution in [0.3, 0.4) is 0 Å². The number of hydrogen-bond donors (Lipinski definition) is 0. The number of hydrogen-bond acceptors (Lipinski definition) is 2. The van der Waals surface area contributed by atoms with Crippen LogP contribution in [0.4, 0.5) is 0 Å². The van der Waals surface area contributed by atoms with E-state index in [4.69, 9.17) is 0 Å². The quantitative estimate of drug-likeness (QED) is 0.179. The first kappa shape index (κ1) is 27.6. The summed E-state index contributed by atoms with van der Waals surface area (Å²) < 4.78 is 5.56. The van der Waals surface area contributed by atoms with Crippen LogP contribution in [-0.2, 0) is 0 Å². The second-order valence-electron chi connectivity index (χ2n) is 12.6. The van der Waals surface area contributed by atoms with E-state index in [9.17, 15) is 0 Å². The first-order valence-corrected chi connectivity index (χ1v) is 17.9. The largest absolute Gasteiger partial charge is 0.134 e. The maximum Gasteiger partial charge on any atom is 0.0542 e. The lowest BCUT2D eigenvalue weighted by Gasteiger charge is -2.09. The molecule has 0 aliphatic rings. The van der Waals surface area contributed by atoms with Gasteiger partial charge in [0.05, 0.1) is 9.40 Å². The van der Waals surface area contributed by atoms with Crippen molar-refractivity contribution in [1.29, 1.82) is 0 Å². The van der Waals surface area contributed by atoms with Gasteiger partial charge in [-0.3, -0.25) is 0 Å². The van der Waals surface area contributed by atoms with Crippen LogP contribution in [0.5, 0.6) is 0 Å². The number of fused-ring (bicyclic) bond motifs is 7. The molecule has 8 aromatic carbocycles. The predicted octanol–water partition coefficient (Wildman–Crippen LogP) is 14.2. The minimum Gasteiger partial charge on any atom is -0.134 e. The molecule has 0 radical (unpaired) electrons. The lowest BCUT2D eigenvalue weighted by Crippen LogP contribution is -1.84. The monoisotopic (exact) mass is 644 g/mol. The van der Waals surface area contributed by atoms with Crippen LogP contribution in [0.2, 0.25) is 0 Å². The Morgan fingerprint density at radius 3 is 1.23 bits per heavy atom. The van der Waals surface area contributed by atoms with Gasteiger partial charge in [0.2, 0.25) is 0 Å². The van der Waals surface area contributed by atoms with Gasteiger partial charge in [-0.15, -0.1) is 22.7 Å². The number of benzene rings is 8. The number of rotatable bonds is 4. The molecular formula is C46H28S2. The Bertz CT molecular complexity index is 2800. The molecule has 48 heavy (non-hydrogen) atoms. The zero-order chi connectivity index (χ0) is 31.6. The summed E-state index contributed by atoms with van der Waals surface area (Å²) in [4.78, 5) is 0. The second kappa shape index (κ2) is 11.0. The maximum absolute atomic E-state index is 2.41. The third-order valence-corrected chi connectivity index (χ3v) is 12.1. The van der Waals surface area contributed by atoms with Crippen molar-refractivity contribution in [2.75, 3.05) is 0 Å². The molecule has 0 unspecified atom stereocenters. The Hall–Kier alpha value is -5.54. The molecule has 10 aromatic rings. The highest BCUT2D eigenvalue weighted by Crippen LogP contribution is 2.46. The fourth-order valence-electron chi connectivity index (χ4n) is 7.09. The average Bonchev–Trinajstić information content (AvgIpc) is 3.68. The number of thiophene rings is 2. The van der Waals surface area contributed by atoms with E-state index < -0.39 is 0 Å². The SMILES string of the molecule is c1ccc(-c2cccc(-c3ccc(-c4ccc(-c5ccc6cc7sc8c9cc%10ccccc%10cc9sc8c7cc6c5)cc4)cc3)c2)cc1. The fraction of sp³-hybridized carbons (Fsp3) is 0. The van der Waals surface area contributed by atoms with Gasteiger partial charge in [-0.25, -0.2) is 0 Å². The molecule has 0 N–H and O–H groups in total. The smallest absolute Gasteiger partial charge is 0.0542 e. The van der Waals surface area contributed by atoms with Crippen LogP contribution in [0, 0.1) is 0 Å². The third-order valence-electron chi connectivity index (χ3n) is 9.65. The zero-order valence-electron chi connectivity index (χ0n) is 26.0. The molecule has 0 aliphatic heterocycles. The Balaban J connectivity index is 0.953. The van der Waals surface area contributed by atoms with Crippen molar-refractivity contribution in [3.05, 3.63) is 170 Å². The zero-order valence-corrected chi connectivity index (χ0v) is 27.6. The summed E-state index contributed by atoms with van der Waals surface area (Å²) in [6.07, 6.45) is 0. The molecule has 224 valence electrons. The lowest BCUT2D eigenvalue weighted by molar-refractivity contribution is 1.57. The molecule has 0 saturated heterocycles. The van der Waals surface area contributed by atoms with Crippen LogP contribution in [0.25, 0.3) is 95.6 Å². The van der Waals surface area contributed by atoms with Gasteiger partial charge < -0.3 is 0 Å². The van der Waals surface area contributed by atoms with Crippen molar-refractivity contribution in [2.45, 2.75) is 0 Å². The predicted molar refractivity (Wildman–Crippen MR) is 211 cm³/mol. The van der Waals surface area contributed by atoms with E-state index >= 15 is 0 Å². The molecule has 2 heterocycles. The maximum atomic E-state index is 2.41. The standard InChI is InChI=1S/C46H28S2/c1-2-7-29(8-3-1)34-11-6-12-35(23-34)32-17-13-30(14-18-32)31-15-19-33(20-16-31)38-21-22-39-28-44-42(26-40(39)24-38)46-45(48-44)41-25-36-9-4-5-10-37(36)27-43(41)47-46/h1-28H. The van der Waals surface area contributed by atoms with Crippen LogP contribution >= 0.6 is 22.7 Å². The summed E-state index contributed by atoms with van der Waals surface area (Å²) in [5, 5.41) is 7.96. The summed E-state index contributed by atoms with van der Waals surface area (Å²) in [5.41, 5.74) is 9.87. The van der Waals surface area contributed by atoms with Gasteiger partial charge >= 0.3 is 0 Å². The van der Waals surface area contributed by atoms with E-state index in [0.29, 0.717) is 0 Å². The van der Waals surface area contributed by atoms with Gasteiger partial charge in [-0.1, -0.05) is 133 Å². The van der Waals surface area contributed by atoms with Gasteiger partial charge in [0.15, 0.2) is 0 Å². The van der Waals surface area contributed by atoms with Crippen molar-refractivity contribution in [2.24, 2.45) is 0 Å². The Kier molecular flexibility index (Phi) is 6.33. The molecular weight excluding hydrogens is 617 g/mol. The van der Waals surface area contributed by atoms with Gasteiger partial charge in [0, 0.05) is 20.2 Å². The van der Waals surface area contributed by atoms with Gasteiger partial charge in [-0.05, 0) is 102 Å². The first-order valence-electron chi connectivity index (χ1n) is 16.3. The molecule has 0 saturated carbocycles. The average molecular weight is 645 g/mol. The Labute approximate surface area is 286 Å². The molecule has 0 amide bonds. The van der Waals surface area contributed by atoms with Crippen molar-refractivity contribution in [1.82, 2.24) is 0 Å². The van der Waals surface area contributed by atoms with Crippen molar-refractivity contribution < 1.29 is 0 Å². The molecule has 0 aliphatic carbocycles. The van der Waals surface area contributed by atoms with Crippen LogP contribution < -0.4 is 0 Å². The molecule has 0 spiro atoms. The highest BCUT2D eigenvalue weighted by Gasteiger charge is 2.14. The van der Waals surface area contributed by atoms with Gasteiger partial charge in [-0.2, -0.15) is 0 Å². The summed E-state index contributed by atoms with van der Waals surface area (Å²) >= 11 is 3.86. The van der Waals surface area contributed by atoms with Crippen molar-refractivity contribution in [3.8, 4) is 44.5 Å². The normalized spacial score (nSPS) is 11.8. The molecule has 2 heteroatoms. The van der Waals surface area contributed by atoms with E-state index in [1.54, 1.807) is 0 Å². The molecule has 2 aromatic heterocycles. The lowest BCUT2D eigenvalue weighted by atomic mass is 9.96. The molecule has 0 bridgehead atoms. The molecule has 10 rings (SSSR count). The highest BCUT2D eigenvalue weighted by atomic mass is 32.1. The summed E-state index contributed by atoms with van der Waals surface area (Å²) in [6.45, 7) is 0. The van der Waals surface area contributed by atoms with Crippen LogP contribution in [0.1, 0.15) is 0 Å². The van der Waals surface area contributed by atoms with E-state index in [1.807, 2.05) is 22.7 Å². The third kappa shape index (κ3) is 4.65. The van der Waals surface area contributed by atoms with E-state index in [0.717, 1.165) is 0 Å². The first-order chi connectivity index (χ1) is 23.7. The van der Waals surface area contributed by atoms with Crippen molar-refractivity contribution >= 4 is 73.8 Å². The van der Waals surface area contributed by atoms with E-state index in [-0.39, 0.29) is 0 Å². The second-order valence-corrected chi connectivity index (χ2v) is 14.7. The topological polar surface area (TPSA) is 0 Å². The van der Waals surface area contributed by atoms with Crippen molar-refractivity contribution in [3.63, 3.8) is 0 Å². The van der Waals surface area contributed by atoms with Gasteiger partial charge in [0.25, 0.3) is 0 Å². The molecule has 0 fully saturated rings. The van der Waals surface area contributed by atoms with E-state index in [2.05, 4.69) is 170 Å².